The normalized spacial score (nSPS) is 10.9. The number of nitrogens with zero attached hydrogens (tertiary/aromatic N) is 3. The van der Waals surface area contributed by atoms with Crippen LogP contribution in [0.2, 0.25) is 0 Å². The molecule has 0 atom stereocenters. The van der Waals surface area contributed by atoms with Gasteiger partial charge in [0.25, 0.3) is 5.91 Å². The van der Waals surface area contributed by atoms with Crippen LogP contribution in [0, 0.1) is 19.7 Å². The fraction of sp³-hybridized carbons (Fsp3) is 0.278. The number of carbonyl (C=O) groups is 1. The van der Waals surface area contributed by atoms with Crippen LogP contribution in [0.4, 0.5) is 4.39 Å². The maximum Gasteiger partial charge on any atom is 0.257 e. The Morgan fingerprint density at radius 2 is 2.16 bits per heavy atom. The Kier molecular flexibility index (Phi) is 4.65. The number of hydrogen-bond acceptors (Lipinski definition) is 4. The number of carbonyl (C=O) groups excluding carboxylic acids is 1. The largest absolute Gasteiger partial charge is 0.361 e. The van der Waals surface area contributed by atoms with Crippen LogP contribution < -0.4 is 5.32 Å². The van der Waals surface area contributed by atoms with E-state index in [1.54, 1.807) is 42.9 Å². The molecule has 0 aliphatic rings. The van der Waals surface area contributed by atoms with Crippen molar-refractivity contribution in [2.45, 2.75) is 33.7 Å². The molecular formula is C18H19FN4O2. The van der Waals surface area contributed by atoms with Crippen LogP contribution in [-0.4, -0.2) is 20.6 Å². The highest BCUT2D eigenvalue weighted by molar-refractivity contribution is 5.96. The molecule has 0 aliphatic carbocycles. The molecule has 0 fully saturated rings. The molecule has 6 nitrogen and oxygen atoms in total. The quantitative estimate of drug-likeness (QED) is 0.773. The number of aryl methyl sites for hydroxylation is 3. The summed E-state index contributed by atoms with van der Waals surface area (Å²) in [7, 11) is 0. The van der Waals surface area contributed by atoms with Crippen molar-refractivity contribution < 1.29 is 13.7 Å². The first-order valence-electron chi connectivity index (χ1n) is 8.03. The van der Waals surface area contributed by atoms with Gasteiger partial charge in [-0.25, -0.2) is 9.37 Å². The molecule has 1 aromatic carbocycles. The van der Waals surface area contributed by atoms with Gasteiger partial charge >= 0.3 is 0 Å². The fourth-order valence-electron chi connectivity index (χ4n) is 2.71. The summed E-state index contributed by atoms with van der Waals surface area (Å²) in [5, 5.41) is 6.65. The minimum absolute atomic E-state index is 0.215. The van der Waals surface area contributed by atoms with Crippen LogP contribution >= 0.6 is 0 Å². The van der Waals surface area contributed by atoms with Crippen molar-refractivity contribution in [3.05, 3.63) is 64.8 Å². The molecule has 1 amide bonds. The topological polar surface area (TPSA) is 73.0 Å². The summed E-state index contributed by atoms with van der Waals surface area (Å²) in [4.78, 5) is 16.4. The van der Waals surface area contributed by atoms with E-state index in [1.165, 1.54) is 6.07 Å². The molecular weight excluding hydrogens is 323 g/mol. The average molecular weight is 342 g/mol. The molecule has 2 heterocycles. The van der Waals surface area contributed by atoms with E-state index in [4.69, 9.17) is 4.52 Å². The Morgan fingerprint density at radius 1 is 1.36 bits per heavy atom. The zero-order valence-corrected chi connectivity index (χ0v) is 14.3. The molecule has 0 radical (unpaired) electrons. The lowest BCUT2D eigenvalue weighted by molar-refractivity contribution is 0.0948. The van der Waals surface area contributed by atoms with Crippen molar-refractivity contribution in [2.24, 2.45) is 0 Å². The molecule has 2 aromatic heterocycles. The Hall–Kier alpha value is -2.96. The van der Waals surface area contributed by atoms with Crippen LogP contribution in [0.5, 0.6) is 0 Å². The van der Waals surface area contributed by atoms with Crippen LogP contribution in [0.1, 0.15) is 40.1 Å². The van der Waals surface area contributed by atoms with Crippen molar-refractivity contribution in [2.75, 3.05) is 0 Å². The third-order valence-electron chi connectivity index (χ3n) is 4.05. The summed E-state index contributed by atoms with van der Waals surface area (Å²) in [6, 6.07) is 4.86. The molecule has 25 heavy (non-hydrogen) atoms. The van der Waals surface area contributed by atoms with Crippen molar-refractivity contribution >= 4 is 5.91 Å². The Labute approximate surface area is 144 Å². The fourth-order valence-corrected chi connectivity index (χ4v) is 2.71. The first kappa shape index (κ1) is 16.9. The minimum Gasteiger partial charge on any atom is -0.361 e. The van der Waals surface area contributed by atoms with Gasteiger partial charge in [-0.1, -0.05) is 18.1 Å². The van der Waals surface area contributed by atoms with Crippen LogP contribution in [0.25, 0.3) is 5.69 Å². The summed E-state index contributed by atoms with van der Waals surface area (Å²) >= 11 is 0. The molecule has 0 unspecified atom stereocenters. The SMILES string of the molecule is CCc1noc(C)c1C(=O)NCc1ccc(-n2ccnc2C)c(F)c1. The molecule has 3 rings (SSSR count). The van der Waals surface area contributed by atoms with E-state index in [-0.39, 0.29) is 18.3 Å². The summed E-state index contributed by atoms with van der Waals surface area (Å²) in [6.45, 7) is 5.62. The van der Waals surface area contributed by atoms with E-state index in [2.05, 4.69) is 15.5 Å². The highest BCUT2D eigenvalue weighted by atomic mass is 19.1. The third-order valence-corrected chi connectivity index (χ3v) is 4.05. The second-order valence-electron chi connectivity index (χ2n) is 5.73. The molecule has 0 saturated carbocycles. The molecule has 0 bridgehead atoms. The van der Waals surface area contributed by atoms with E-state index >= 15 is 0 Å². The van der Waals surface area contributed by atoms with Gasteiger partial charge in [0, 0.05) is 18.9 Å². The lowest BCUT2D eigenvalue weighted by atomic mass is 10.1. The van der Waals surface area contributed by atoms with E-state index in [1.807, 2.05) is 6.92 Å². The zero-order valence-electron chi connectivity index (χ0n) is 14.3. The van der Waals surface area contributed by atoms with Crippen molar-refractivity contribution in [3.8, 4) is 5.69 Å². The van der Waals surface area contributed by atoms with Crippen LogP contribution in [-0.2, 0) is 13.0 Å². The maximum absolute atomic E-state index is 14.4. The van der Waals surface area contributed by atoms with Gasteiger partial charge in [-0.15, -0.1) is 0 Å². The molecule has 7 heteroatoms. The summed E-state index contributed by atoms with van der Waals surface area (Å²) in [5.74, 6) is 0.537. The average Bonchev–Trinajstić information content (AvgIpc) is 3.18. The number of rotatable bonds is 5. The predicted molar refractivity (Wildman–Crippen MR) is 90.0 cm³/mol. The second-order valence-corrected chi connectivity index (χ2v) is 5.73. The Bertz CT molecular complexity index is 914. The first-order valence-corrected chi connectivity index (χ1v) is 8.03. The second kappa shape index (κ2) is 6.88. The number of nitrogens with one attached hydrogen (secondary N) is 1. The monoisotopic (exact) mass is 342 g/mol. The standard InChI is InChI=1S/C18H19FN4O2/c1-4-15-17(11(2)25-22-15)18(24)21-10-13-5-6-16(14(19)9-13)23-8-7-20-12(23)3/h5-9H,4,10H2,1-3H3,(H,21,24). The molecule has 3 aromatic rings. The van der Waals surface area contributed by atoms with Crippen LogP contribution in [0.3, 0.4) is 0 Å². The van der Waals surface area contributed by atoms with Gasteiger partial charge in [-0.3, -0.25) is 4.79 Å². The minimum atomic E-state index is -0.372. The number of benzene rings is 1. The first-order chi connectivity index (χ1) is 12.0. The predicted octanol–water partition coefficient (Wildman–Crippen LogP) is 3.11. The molecule has 0 aliphatic heterocycles. The number of halogens is 1. The lowest BCUT2D eigenvalue weighted by Gasteiger charge is -2.09. The highest BCUT2D eigenvalue weighted by Gasteiger charge is 2.19. The van der Waals surface area contributed by atoms with Gasteiger partial charge in [0.1, 0.15) is 23.0 Å². The van der Waals surface area contributed by atoms with Gasteiger partial charge in [0.2, 0.25) is 0 Å². The van der Waals surface area contributed by atoms with Crippen molar-refractivity contribution in [3.63, 3.8) is 0 Å². The van der Waals surface area contributed by atoms with E-state index in [0.717, 1.165) is 0 Å². The van der Waals surface area contributed by atoms with Gasteiger partial charge in [-0.2, -0.15) is 0 Å². The van der Waals surface area contributed by atoms with Crippen molar-refractivity contribution in [1.29, 1.82) is 0 Å². The molecule has 130 valence electrons. The van der Waals surface area contributed by atoms with Gasteiger partial charge in [-0.05, 0) is 38.0 Å². The van der Waals surface area contributed by atoms with Crippen molar-refractivity contribution in [1.82, 2.24) is 20.0 Å². The van der Waals surface area contributed by atoms with E-state index in [0.29, 0.717) is 40.5 Å². The third kappa shape index (κ3) is 3.31. The summed E-state index contributed by atoms with van der Waals surface area (Å²) in [5.41, 5.74) is 2.16. The van der Waals surface area contributed by atoms with Gasteiger partial charge in [0.05, 0.1) is 11.4 Å². The maximum atomic E-state index is 14.4. The summed E-state index contributed by atoms with van der Waals surface area (Å²) in [6.07, 6.45) is 3.93. The van der Waals surface area contributed by atoms with Gasteiger partial charge < -0.3 is 14.4 Å². The van der Waals surface area contributed by atoms with E-state index < -0.39 is 0 Å². The number of aromatic nitrogens is 3. The highest BCUT2D eigenvalue weighted by Crippen LogP contribution is 2.18. The lowest BCUT2D eigenvalue weighted by Crippen LogP contribution is -2.24. The van der Waals surface area contributed by atoms with Gasteiger partial charge in [0.15, 0.2) is 0 Å². The number of amides is 1. The smallest absolute Gasteiger partial charge is 0.257 e. The Morgan fingerprint density at radius 3 is 2.80 bits per heavy atom. The van der Waals surface area contributed by atoms with E-state index in [9.17, 15) is 9.18 Å². The Balaban J connectivity index is 1.74. The summed E-state index contributed by atoms with van der Waals surface area (Å²) < 4.78 is 21.1. The number of hydrogen-bond donors (Lipinski definition) is 1. The molecule has 0 saturated heterocycles. The zero-order chi connectivity index (χ0) is 18.0. The number of imidazole rings is 1. The molecule has 1 N–H and O–H groups in total. The molecule has 0 spiro atoms. The van der Waals surface area contributed by atoms with Crippen LogP contribution in [0.15, 0.2) is 35.1 Å².